The number of morpholine rings is 1. The Morgan fingerprint density at radius 3 is 2.74 bits per heavy atom. The fraction of sp³-hybridized carbons (Fsp3) is 0.333. The van der Waals surface area contributed by atoms with Gasteiger partial charge in [0.15, 0.2) is 0 Å². The van der Waals surface area contributed by atoms with Gasteiger partial charge in [0.2, 0.25) is 0 Å². The van der Waals surface area contributed by atoms with Crippen LogP contribution in [0, 0.1) is 38.0 Å². The lowest BCUT2D eigenvalue weighted by Gasteiger charge is -2.29. The van der Waals surface area contributed by atoms with E-state index in [1.54, 1.807) is 0 Å². The summed E-state index contributed by atoms with van der Waals surface area (Å²) in [6, 6.07) is 10.5. The summed E-state index contributed by atoms with van der Waals surface area (Å²) < 4.78 is 7.52. The number of hydrogen-bond acceptors (Lipinski definition) is 5. The molecule has 6 heteroatoms. The van der Waals surface area contributed by atoms with Gasteiger partial charge in [0, 0.05) is 36.7 Å². The van der Waals surface area contributed by atoms with Crippen molar-refractivity contribution in [3.8, 4) is 17.2 Å². The van der Waals surface area contributed by atoms with Crippen LogP contribution in [0.5, 0.6) is 0 Å². The largest absolute Gasteiger partial charge is 0.378 e. The highest BCUT2D eigenvalue weighted by molar-refractivity contribution is 6.05. The van der Waals surface area contributed by atoms with Crippen LogP contribution in [0.2, 0.25) is 0 Å². The monoisotopic (exact) mass is 514 g/mol. The Morgan fingerprint density at radius 1 is 1.03 bits per heavy atom. The molecule has 6 nitrogen and oxygen atoms in total. The van der Waals surface area contributed by atoms with Gasteiger partial charge in [-0.1, -0.05) is 48.9 Å². The minimum absolute atomic E-state index is 0.544. The summed E-state index contributed by atoms with van der Waals surface area (Å²) in [5.41, 5.74) is 11.0. The highest BCUT2D eigenvalue weighted by atomic mass is 16.5. The van der Waals surface area contributed by atoms with Crippen molar-refractivity contribution in [1.29, 1.82) is 0 Å². The lowest BCUT2D eigenvalue weighted by molar-refractivity contribution is 0.122. The predicted octanol–water partition coefficient (Wildman–Crippen LogP) is 6.08. The van der Waals surface area contributed by atoms with Gasteiger partial charge in [-0.05, 0) is 78.0 Å². The first kappa shape index (κ1) is 23.1. The van der Waals surface area contributed by atoms with Gasteiger partial charge in [0.1, 0.15) is 5.82 Å². The van der Waals surface area contributed by atoms with Crippen molar-refractivity contribution < 1.29 is 4.74 Å². The van der Waals surface area contributed by atoms with E-state index < -0.39 is 0 Å². The number of nitrogens with zero attached hydrogens (tertiary/aromatic N) is 5. The van der Waals surface area contributed by atoms with Gasteiger partial charge in [0.25, 0.3) is 5.95 Å². The fourth-order valence-corrected chi connectivity index (χ4v) is 6.70. The molecule has 3 unspecified atom stereocenters. The number of ether oxygens (including phenoxy) is 1. The molecule has 1 saturated carbocycles. The van der Waals surface area contributed by atoms with Gasteiger partial charge in [-0.15, -0.1) is 0 Å². The van der Waals surface area contributed by atoms with Crippen LogP contribution >= 0.6 is 0 Å². The Balaban J connectivity index is 1.31. The van der Waals surface area contributed by atoms with Gasteiger partial charge >= 0.3 is 0 Å². The van der Waals surface area contributed by atoms with Gasteiger partial charge in [-0.3, -0.25) is 0 Å². The van der Waals surface area contributed by atoms with E-state index in [9.17, 15) is 0 Å². The molecule has 0 N–H and O–H groups in total. The SMILES string of the molecule is Cc1cccc(-c2ccn(-c3nc(N4CCOCC4)c4c5c(c(C6=CC=CC7CC7C6C)c(C)c4n3)[CH]5)n2)c1. The number of benzene rings is 2. The smallest absolute Gasteiger partial charge is 0.253 e. The van der Waals surface area contributed by atoms with E-state index in [4.69, 9.17) is 19.8 Å². The molecule has 39 heavy (non-hydrogen) atoms. The minimum atomic E-state index is 0.544. The molecule has 2 fully saturated rings. The molecule has 0 amide bonds. The molecule has 3 heterocycles. The lowest BCUT2D eigenvalue weighted by Crippen LogP contribution is -2.37. The molecule has 4 aliphatic rings. The van der Waals surface area contributed by atoms with Crippen molar-refractivity contribution >= 4 is 22.3 Å². The quantitative estimate of drug-likeness (QED) is 0.291. The summed E-state index contributed by atoms with van der Waals surface area (Å²) in [5.74, 6) is 3.65. The molecule has 3 aliphatic carbocycles. The number of anilines is 1. The van der Waals surface area contributed by atoms with Gasteiger partial charge in [-0.2, -0.15) is 10.1 Å². The fourth-order valence-electron chi connectivity index (χ4n) is 6.70. The maximum absolute atomic E-state index is 5.69. The van der Waals surface area contributed by atoms with Gasteiger partial charge in [0.05, 0.1) is 24.4 Å². The summed E-state index contributed by atoms with van der Waals surface area (Å²) in [5, 5.41) is 6.09. The molecule has 195 valence electrons. The molecule has 8 rings (SSSR count). The molecule has 0 bridgehead atoms. The number of rotatable bonds is 4. The zero-order valence-corrected chi connectivity index (χ0v) is 22.7. The standard InChI is InChI=1S/C33H32N5O/c1-19-6-4-8-23(16-19)28-10-11-38(36-28)33-34-31-21(3)29(24-9-5-7-22-17-25(22)20(24)2)26-18-27(26)30(31)32(35-33)37-12-14-39-15-13-37/h4-11,16,18,20,22,25H,12-15,17H2,1-3H3. The third-order valence-electron chi connectivity index (χ3n) is 9.01. The molecule has 3 atom stereocenters. The van der Waals surface area contributed by atoms with E-state index in [0.29, 0.717) is 25.1 Å². The number of aryl methyl sites for hydroxylation is 2. The van der Waals surface area contributed by atoms with Gasteiger partial charge < -0.3 is 9.64 Å². The van der Waals surface area contributed by atoms with Crippen molar-refractivity contribution in [1.82, 2.24) is 19.7 Å². The Hall–Kier alpha value is -3.77. The molecule has 0 spiro atoms. The Bertz CT molecular complexity index is 1710. The number of fused-ring (bicyclic) bond motifs is 4. The minimum Gasteiger partial charge on any atom is -0.378 e. The van der Waals surface area contributed by atoms with E-state index in [-0.39, 0.29) is 0 Å². The summed E-state index contributed by atoms with van der Waals surface area (Å²) in [6.45, 7) is 9.83. The van der Waals surface area contributed by atoms with Crippen molar-refractivity contribution in [2.45, 2.75) is 27.2 Å². The molecule has 1 aliphatic heterocycles. The maximum Gasteiger partial charge on any atom is 0.253 e. The highest BCUT2D eigenvalue weighted by Crippen LogP contribution is 2.55. The molecule has 2 aromatic heterocycles. The third kappa shape index (κ3) is 3.76. The predicted molar refractivity (Wildman–Crippen MR) is 155 cm³/mol. The first-order valence-electron chi connectivity index (χ1n) is 14.1. The molecular weight excluding hydrogens is 482 g/mol. The zero-order valence-electron chi connectivity index (χ0n) is 22.7. The normalized spacial score (nSPS) is 23.3. The number of hydrogen-bond donors (Lipinski definition) is 0. The molecular formula is C33H32N5O. The van der Waals surface area contributed by atoms with Crippen molar-refractivity contribution in [2.24, 2.45) is 17.8 Å². The van der Waals surface area contributed by atoms with E-state index >= 15 is 0 Å². The Labute approximate surface area is 229 Å². The van der Waals surface area contributed by atoms with Crippen LogP contribution in [0.3, 0.4) is 0 Å². The highest BCUT2D eigenvalue weighted by Gasteiger charge is 2.43. The second kappa shape index (κ2) is 8.62. The van der Waals surface area contributed by atoms with Crippen LogP contribution < -0.4 is 4.90 Å². The molecule has 2 aromatic carbocycles. The van der Waals surface area contributed by atoms with Crippen LogP contribution in [-0.4, -0.2) is 46.1 Å². The number of aromatic nitrogens is 4. The topological polar surface area (TPSA) is 56.1 Å². The van der Waals surface area contributed by atoms with Crippen molar-refractivity contribution in [2.75, 3.05) is 31.2 Å². The van der Waals surface area contributed by atoms with E-state index in [2.05, 4.69) is 74.6 Å². The summed E-state index contributed by atoms with van der Waals surface area (Å²) >= 11 is 0. The molecule has 1 saturated heterocycles. The molecule has 1 radical (unpaired) electrons. The van der Waals surface area contributed by atoms with Crippen molar-refractivity contribution in [3.63, 3.8) is 0 Å². The van der Waals surface area contributed by atoms with Crippen LogP contribution in [0.15, 0.2) is 54.8 Å². The summed E-state index contributed by atoms with van der Waals surface area (Å²) in [6.07, 6.45) is 12.7. The third-order valence-corrected chi connectivity index (χ3v) is 9.01. The van der Waals surface area contributed by atoms with Crippen LogP contribution in [0.1, 0.15) is 41.2 Å². The first-order chi connectivity index (χ1) is 19.1. The lowest BCUT2D eigenvalue weighted by atomic mass is 9.86. The maximum atomic E-state index is 5.69. The van der Waals surface area contributed by atoms with E-state index in [1.807, 2.05) is 16.9 Å². The summed E-state index contributed by atoms with van der Waals surface area (Å²) in [4.78, 5) is 12.7. The Kier molecular flexibility index (Phi) is 5.11. The first-order valence-corrected chi connectivity index (χ1v) is 14.1. The molecule has 4 aromatic rings. The van der Waals surface area contributed by atoms with Crippen LogP contribution in [-0.2, 0) is 4.74 Å². The average Bonchev–Trinajstić information content (AvgIpc) is 3.87. The number of allylic oxidation sites excluding steroid dienone is 4. The summed E-state index contributed by atoms with van der Waals surface area (Å²) in [7, 11) is 0. The van der Waals surface area contributed by atoms with E-state index in [0.717, 1.165) is 47.5 Å². The van der Waals surface area contributed by atoms with Crippen LogP contribution in [0.4, 0.5) is 5.82 Å². The second-order valence-corrected chi connectivity index (χ2v) is 11.5. The van der Waals surface area contributed by atoms with E-state index in [1.165, 1.54) is 45.2 Å². The Morgan fingerprint density at radius 2 is 1.90 bits per heavy atom. The average molecular weight is 515 g/mol. The zero-order chi connectivity index (χ0) is 26.2. The van der Waals surface area contributed by atoms with Crippen molar-refractivity contribution in [3.05, 3.63) is 89.0 Å². The van der Waals surface area contributed by atoms with Crippen LogP contribution in [0.25, 0.3) is 33.7 Å². The second-order valence-electron chi connectivity index (χ2n) is 11.5. The van der Waals surface area contributed by atoms with Gasteiger partial charge in [-0.25, -0.2) is 9.67 Å².